The molecule has 1 N–H and O–H groups in total. The zero-order valence-electron chi connectivity index (χ0n) is 15.7. The summed E-state index contributed by atoms with van der Waals surface area (Å²) in [5, 5.41) is 9.38. The van der Waals surface area contributed by atoms with Crippen LogP contribution in [-0.4, -0.2) is 52.1 Å². The topological polar surface area (TPSA) is 107 Å². The van der Waals surface area contributed by atoms with E-state index in [2.05, 4.69) is 20.4 Å². The zero-order valence-corrected chi connectivity index (χ0v) is 17.3. The Balaban J connectivity index is 1.43. The number of amides is 1. The highest BCUT2D eigenvalue weighted by Crippen LogP contribution is 2.33. The van der Waals surface area contributed by atoms with Crippen molar-refractivity contribution in [1.29, 1.82) is 0 Å². The van der Waals surface area contributed by atoms with E-state index in [4.69, 9.17) is 0 Å². The molecule has 29 heavy (non-hydrogen) atoms. The molecule has 0 unspecified atom stereocenters. The summed E-state index contributed by atoms with van der Waals surface area (Å²) in [6.45, 7) is 0.917. The van der Waals surface area contributed by atoms with E-state index in [1.807, 2.05) is 22.2 Å². The Bertz CT molecular complexity index is 1080. The maximum Gasteiger partial charge on any atom is 0.220 e. The largest absolute Gasteiger partial charge is 0.354 e. The molecule has 1 saturated heterocycles. The minimum Gasteiger partial charge on any atom is -0.354 e. The quantitative estimate of drug-likeness (QED) is 0.613. The number of sulfone groups is 1. The van der Waals surface area contributed by atoms with Gasteiger partial charge in [-0.3, -0.25) is 19.4 Å². The van der Waals surface area contributed by atoms with Gasteiger partial charge in [0.2, 0.25) is 5.91 Å². The van der Waals surface area contributed by atoms with E-state index in [0.717, 1.165) is 21.8 Å². The first-order valence-electron chi connectivity index (χ1n) is 9.35. The van der Waals surface area contributed by atoms with Gasteiger partial charge in [0.25, 0.3) is 0 Å². The summed E-state index contributed by atoms with van der Waals surface area (Å²) in [5.74, 6) is 0.109. The third-order valence-corrected chi connectivity index (χ3v) is 7.59. The summed E-state index contributed by atoms with van der Waals surface area (Å²) >= 11 is 1.61. The highest BCUT2D eigenvalue weighted by atomic mass is 32.2. The van der Waals surface area contributed by atoms with E-state index < -0.39 is 9.84 Å². The predicted molar refractivity (Wildman–Crippen MR) is 111 cm³/mol. The molecule has 152 valence electrons. The van der Waals surface area contributed by atoms with Gasteiger partial charge in [0.15, 0.2) is 9.84 Å². The summed E-state index contributed by atoms with van der Waals surface area (Å²) in [6.07, 6.45) is 7.57. The highest BCUT2D eigenvalue weighted by molar-refractivity contribution is 7.91. The molecule has 0 radical (unpaired) electrons. The molecule has 0 bridgehead atoms. The molecule has 4 heterocycles. The van der Waals surface area contributed by atoms with Gasteiger partial charge in [-0.25, -0.2) is 8.42 Å². The lowest BCUT2D eigenvalue weighted by atomic mass is 10.1. The first-order chi connectivity index (χ1) is 14.0. The van der Waals surface area contributed by atoms with Crippen molar-refractivity contribution >= 4 is 27.1 Å². The molecule has 8 nitrogen and oxygen atoms in total. The molecule has 3 aromatic rings. The third kappa shape index (κ3) is 4.70. The third-order valence-electron chi connectivity index (χ3n) is 4.88. The molecule has 1 aliphatic heterocycles. The van der Waals surface area contributed by atoms with Crippen molar-refractivity contribution < 1.29 is 13.2 Å². The van der Waals surface area contributed by atoms with Crippen molar-refractivity contribution in [1.82, 2.24) is 25.1 Å². The lowest BCUT2D eigenvalue weighted by Crippen LogP contribution is -2.29. The van der Waals surface area contributed by atoms with Gasteiger partial charge >= 0.3 is 0 Å². The van der Waals surface area contributed by atoms with Crippen LogP contribution >= 0.6 is 11.3 Å². The Hall–Kier alpha value is -2.59. The van der Waals surface area contributed by atoms with Gasteiger partial charge in [0.05, 0.1) is 46.7 Å². The van der Waals surface area contributed by atoms with E-state index in [1.165, 1.54) is 0 Å². The molecular weight excluding hydrogens is 410 g/mol. The zero-order chi connectivity index (χ0) is 20.3. The number of hydrogen-bond donors (Lipinski definition) is 1. The monoisotopic (exact) mass is 431 g/mol. The van der Waals surface area contributed by atoms with Gasteiger partial charge < -0.3 is 5.32 Å². The molecule has 1 amide bonds. The van der Waals surface area contributed by atoms with Crippen LogP contribution in [0.3, 0.4) is 0 Å². The van der Waals surface area contributed by atoms with Crippen molar-refractivity contribution in [3.63, 3.8) is 0 Å². The second-order valence-electron chi connectivity index (χ2n) is 7.02. The summed E-state index contributed by atoms with van der Waals surface area (Å²) in [7, 11) is -2.96. The Morgan fingerprint density at radius 1 is 1.31 bits per heavy atom. The van der Waals surface area contributed by atoms with E-state index in [0.29, 0.717) is 19.5 Å². The van der Waals surface area contributed by atoms with Crippen molar-refractivity contribution in [2.75, 3.05) is 18.1 Å². The average molecular weight is 432 g/mol. The van der Waals surface area contributed by atoms with Crippen LogP contribution in [-0.2, 0) is 21.2 Å². The van der Waals surface area contributed by atoms with Gasteiger partial charge in [-0.2, -0.15) is 5.10 Å². The molecule has 0 aromatic carbocycles. The number of carbonyl (C=O) groups excluding carboxylic acids is 1. The number of thiophene rings is 1. The van der Waals surface area contributed by atoms with E-state index >= 15 is 0 Å². The van der Waals surface area contributed by atoms with Crippen molar-refractivity contribution in [3.05, 3.63) is 42.3 Å². The number of nitrogens with one attached hydrogen (secondary N) is 1. The molecule has 0 spiro atoms. The summed E-state index contributed by atoms with van der Waals surface area (Å²) < 4.78 is 24.9. The average Bonchev–Trinajstić information content (AvgIpc) is 3.42. The van der Waals surface area contributed by atoms with Gasteiger partial charge in [-0.1, -0.05) is 6.07 Å². The number of hydrogen-bond acceptors (Lipinski definition) is 7. The van der Waals surface area contributed by atoms with E-state index in [9.17, 15) is 13.2 Å². The molecule has 1 aliphatic rings. The lowest BCUT2D eigenvalue weighted by Gasteiger charge is -2.11. The fourth-order valence-electron chi connectivity index (χ4n) is 3.52. The smallest absolute Gasteiger partial charge is 0.220 e. The maximum atomic E-state index is 12.2. The fraction of sp³-hybridized carbons (Fsp3) is 0.368. The van der Waals surface area contributed by atoms with Crippen molar-refractivity contribution in [3.8, 4) is 21.8 Å². The fourth-order valence-corrected chi connectivity index (χ4v) is 6.17. The molecule has 3 aromatic heterocycles. The van der Waals surface area contributed by atoms with Crippen molar-refractivity contribution in [2.45, 2.75) is 19.4 Å². The Kier molecular flexibility index (Phi) is 5.72. The second kappa shape index (κ2) is 8.42. The van der Waals surface area contributed by atoms with Gasteiger partial charge in [-0.15, -0.1) is 11.3 Å². The van der Waals surface area contributed by atoms with E-state index in [1.54, 1.807) is 36.1 Å². The molecule has 10 heteroatoms. The van der Waals surface area contributed by atoms with Crippen LogP contribution in [0.1, 0.15) is 12.8 Å². The first kappa shape index (κ1) is 19.7. The predicted octanol–water partition coefficient (Wildman–Crippen LogP) is 2.01. The Morgan fingerprint density at radius 3 is 2.90 bits per heavy atom. The molecule has 1 fully saturated rings. The minimum atomic E-state index is -2.96. The van der Waals surface area contributed by atoms with Gasteiger partial charge in [-0.05, 0) is 23.8 Å². The second-order valence-corrected chi connectivity index (χ2v) is 10.2. The molecular formula is C19H21N5O3S2. The Morgan fingerprint density at radius 2 is 2.21 bits per heavy atom. The van der Waals surface area contributed by atoms with Crippen LogP contribution in [0.4, 0.5) is 0 Å². The number of nitrogens with zero attached hydrogens (tertiary/aromatic N) is 4. The Labute approximate surface area is 172 Å². The summed E-state index contributed by atoms with van der Waals surface area (Å²) in [5.41, 5.74) is 2.58. The van der Waals surface area contributed by atoms with Crippen LogP contribution in [0.5, 0.6) is 0 Å². The van der Waals surface area contributed by atoms with E-state index in [-0.39, 0.29) is 29.8 Å². The molecule has 0 saturated carbocycles. The summed E-state index contributed by atoms with van der Waals surface area (Å²) in [6, 6.07) is 4.01. The SMILES string of the molecule is O=C(C[C@H]1CCS(=O)(=O)C1)NCCn1ncc(-c2cnccn2)c1-c1cccs1. The standard InChI is InChI=1S/C19H21N5O3S2/c25-18(10-14-3-9-29(26,27)13-14)22-6-7-24-19(17-2-1-8-28-17)15(11-23-24)16-12-20-4-5-21-16/h1-2,4-5,8,11-12,14H,3,6-7,9-10,13H2,(H,22,25)/t14-/m1/s1. The van der Waals surface area contributed by atoms with Crippen LogP contribution in [0.15, 0.2) is 42.3 Å². The van der Waals surface area contributed by atoms with Gasteiger partial charge in [0, 0.05) is 30.9 Å². The van der Waals surface area contributed by atoms with Crippen LogP contribution in [0.2, 0.25) is 0 Å². The first-order valence-corrected chi connectivity index (χ1v) is 12.0. The van der Waals surface area contributed by atoms with Crippen LogP contribution < -0.4 is 5.32 Å². The van der Waals surface area contributed by atoms with Crippen LogP contribution in [0.25, 0.3) is 21.8 Å². The number of carbonyl (C=O) groups is 1. The molecule has 4 rings (SSSR count). The number of rotatable bonds is 7. The highest BCUT2D eigenvalue weighted by Gasteiger charge is 2.29. The van der Waals surface area contributed by atoms with Crippen LogP contribution in [0, 0.1) is 5.92 Å². The normalized spacial score (nSPS) is 18.0. The van der Waals surface area contributed by atoms with Gasteiger partial charge in [0.1, 0.15) is 0 Å². The summed E-state index contributed by atoms with van der Waals surface area (Å²) in [4.78, 5) is 21.8. The molecule has 0 aliphatic carbocycles. The minimum absolute atomic E-state index is 0.0744. The number of aromatic nitrogens is 4. The van der Waals surface area contributed by atoms with Crippen molar-refractivity contribution in [2.24, 2.45) is 5.92 Å². The molecule has 1 atom stereocenters. The maximum absolute atomic E-state index is 12.2. The lowest BCUT2D eigenvalue weighted by molar-refractivity contribution is -0.121.